The van der Waals surface area contributed by atoms with E-state index in [0.717, 1.165) is 23.8 Å². The van der Waals surface area contributed by atoms with Crippen LogP contribution >= 0.6 is 0 Å². The molecule has 0 aliphatic heterocycles. The highest BCUT2D eigenvalue weighted by atomic mass is 16.6. The van der Waals surface area contributed by atoms with Crippen LogP contribution in [0.25, 0.3) is 10.8 Å². The zero-order chi connectivity index (χ0) is 13.8. The number of non-ortho nitro benzene ring substituents is 1. The molecule has 0 aliphatic rings. The van der Waals surface area contributed by atoms with Crippen molar-refractivity contribution >= 4 is 16.5 Å². The number of rotatable bonds is 5. The topological polar surface area (TPSA) is 76.3 Å². The number of fused-ring (bicyclic) bond motifs is 1. The molecule has 1 aromatic carbocycles. The number of hydrogen-bond acceptors (Lipinski definition) is 4. The van der Waals surface area contributed by atoms with E-state index < -0.39 is 11.0 Å². The molecule has 1 aromatic heterocycles. The number of nitro benzene ring substituents is 1. The Labute approximate surface area is 111 Å². The van der Waals surface area contributed by atoms with Gasteiger partial charge in [-0.2, -0.15) is 0 Å². The van der Waals surface area contributed by atoms with Crippen molar-refractivity contribution < 1.29 is 10.0 Å². The van der Waals surface area contributed by atoms with Gasteiger partial charge in [-0.05, 0) is 29.9 Å². The molecule has 5 nitrogen and oxygen atoms in total. The van der Waals surface area contributed by atoms with E-state index in [1.54, 1.807) is 18.3 Å². The number of aromatic nitrogens is 1. The Bertz CT molecular complexity index is 598. The first-order chi connectivity index (χ1) is 9.13. The highest BCUT2D eigenvalue weighted by Gasteiger charge is 2.15. The highest BCUT2D eigenvalue weighted by Crippen LogP contribution is 2.28. The van der Waals surface area contributed by atoms with Gasteiger partial charge in [-0.3, -0.25) is 15.1 Å². The maximum absolute atomic E-state index is 11.0. The van der Waals surface area contributed by atoms with Crippen LogP contribution in [0.4, 0.5) is 5.69 Å². The van der Waals surface area contributed by atoms with E-state index in [2.05, 4.69) is 4.98 Å². The number of nitro groups is 1. The summed E-state index contributed by atoms with van der Waals surface area (Å²) in [7, 11) is 0. The molecule has 0 aliphatic carbocycles. The first-order valence-corrected chi connectivity index (χ1v) is 6.31. The average Bonchev–Trinajstić information content (AvgIpc) is 2.39. The molecule has 0 bridgehead atoms. The van der Waals surface area contributed by atoms with Crippen molar-refractivity contribution in [2.24, 2.45) is 0 Å². The van der Waals surface area contributed by atoms with Crippen molar-refractivity contribution in [3.8, 4) is 0 Å². The molecule has 1 heterocycles. The number of nitrogens with zero attached hydrogens (tertiary/aromatic N) is 2. The van der Waals surface area contributed by atoms with Crippen molar-refractivity contribution in [2.75, 3.05) is 0 Å². The standard InChI is InChI=1S/C14H16N2O3/c1-2-3-11(17)8-10-4-5-14(16(18)19)13-9-15-7-6-12(10)13/h4-7,9,11,17H,2-3,8H2,1H3. The summed E-state index contributed by atoms with van der Waals surface area (Å²) in [6.45, 7) is 2.01. The third kappa shape index (κ3) is 2.88. The van der Waals surface area contributed by atoms with Crippen LogP contribution < -0.4 is 0 Å². The number of aliphatic hydroxyl groups excluding tert-OH is 1. The Hall–Kier alpha value is -2.01. The molecule has 0 amide bonds. The fourth-order valence-electron chi connectivity index (χ4n) is 2.26. The summed E-state index contributed by atoms with van der Waals surface area (Å²) in [6, 6.07) is 4.97. The second-order valence-electron chi connectivity index (χ2n) is 4.57. The first-order valence-electron chi connectivity index (χ1n) is 6.31. The van der Waals surface area contributed by atoms with Gasteiger partial charge in [0.1, 0.15) is 0 Å². The van der Waals surface area contributed by atoms with Crippen molar-refractivity contribution in [3.05, 3.63) is 46.3 Å². The fourth-order valence-corrected chi connectivity index (χ4v) is 2.26. The van der Waals surface area contributed by atoms with Crippen LogP contribution in [-0.4, -0.2) is 21.1 Å². The van der Waals surface area contributed by atoms with E-state index in [-0.39, 0.29) is 5.69 Å². The largest absolute Gasteiger partial charge is 0.393 e. The van der Waals surface area contributed by atoms with Crippen LogP contribution in [0.3, 0.4) is 0 Å². The van der Waals surface area contributed by atoms with Crippen LogP contribution in [0.1, 0.15) is 25.3 Å². The number of benzene rings is 1. The summed E-state index contributed by atoms with van der Waals surface area (Å²) in [5.41, 5.74) is 0.973. The molecular weight excluding hydrogens is 244 g/mol. The molecule has 1 atom stereocenters. The molecule has 0 fully saturated rings. The van der Waals surface area contributed by atoms with Crippen LogP contribution in [0.2, 0.25) is 0 Å². The summed E-state index contributed by atoms with van der Waals surface area (Å²) in [6.07, 6.45) is 4.84. The summed E-state index contributed by atoms with van der Waals surface area (Å²) in [4.78, 5) is 14.5. The molecule has 100 valence electrons. The molecule has 5 heteroatoms. The average molecular weight is 260 g/mol. The molecule has 0 radical (unpaired) electrons. The van der Waals surface area contributed by atoms with E-state index in [9.17, 15) is 15.2 Å². The predicted molar refractivity (Wildman–Crippen MR) is 73.0 cm³/mol. The molecule has 2 rings (SSSR count). The minimum Gasteiger partial charge on any atom is -0.393 e. The summed E-state index contributed by atoms with van der Waals surface area (Å²) >= 11 is 0. The fraction of sp³-hybridized carbons (Fsp3) is 0.357. The van der Waals surface area contributed by atoms with Gasteiger partial charge in [0.15, 0.2) is 0 Å². The third-order valence-electron chi connectivity index (χ3n) is 3.16. The maximum atomic E-state index is 11.0. The van der Waals surface area contributed by atoms with Crippen molar-refractivity contribution in [1.29, 1.82) is 0 Å². The van der Waals surface area contributed by atoms with Gasteiger partial charge in [-0.15, -0.1) is 0 Å². The van der Waals surface area contributed by atoms with Gasteiger partial charge in [0, 0.05) is 18.5 Å². The van der Waals surface area contributed by atoms with Crippen LogP contribution in [0.15, 0.2) is 30.6 Å². The normalized spacial score (nSPS) is 12.5. The minimum atomic E-state index is -0.414. The molecule has 0 saturated carbocycles. The minimum absolute atomic E-state index is 0.0526. The lowest BCUT2D eigenvalue weighted by Crippen LogP contribution is -2.10. The van der Waals surface area contributed by atoms with Gasteiger partial charge in [0.25, 0.3) is 5.69 Å². The Morgan fingerprint density at radius 1 is 1.37 bits per heavy atom. The van der Waals surface area contributed by atoms with Gasteiger partial charge in [-0.1, -0.05) is 19.4 Å². The Morgan fingerprint density at radius 3 is 2.84 bits per heavy atom. The summed E-state index contributed by atoms with van der Waals surface area (Å²) < 4.78 is 0. The molecule has 1 N–H and O–H groups in total. The molecular formula is C14H16N2O3. The third-order valence-corrected chi connectivity index (χ3v) is 3.16. The molecule has 0 spiro atoms. The zero-order valence-corrected chi connectivity index (χ0v) is 10.7. The van der Waals surface area contributed by atoms with E-state index in [0.29, 0.717) is 11.8 Å². The SMILES string of the molecule is CCCC(O)Cc1ccc([N+](=O)[O-])c2cnccc12. The summed E-state index contributed by atoms with van der Waals surface area (Å²) in [5.74, 6) is 0. The number of pyridine rings is 1. The summed E-state index contributed by atoms with van der Waals surface area (Å²) in [5, 5.41) is 22.2. The van der Waals surface area contributed by atoms with Crippen molar-refractivity contribution in [1.82, 2.24) is 4.98 Å². The predicted octanol–water partition coefficient (Wildman–Crippen LogP) is 2.85. The Morgan fingerprint density at radius 2 is 2.16 bits per heavy atom. The lowest BCUT2D eigenvalue weighted by molar-refractivity contribution is -0.383. The lowest BCUT2D eigenvalue weighted by atomic mass is 9.98. The molecule has 0 saturated heterocycles. The zero-order valence-electron chi connectivity index (χ0n) is 10.7. The van der Waals surface area contributed by atoms with Crippen molar-refractivity contribution in [3.63, 3.8) is 0 Å². The van der Waals surface area contributed by atoms with Crippen molar-refractivity contribution in [2.45, 2.75) is 32.3 Å². The highest BCUT2D eigenvalue weighted by molar-refractivity contribution is 5.92. The Kier molecular flexibility index (Phi) is 4.06. The first kappa shape index (κ1) is 13.4. The maximum Gasteiger partial charge on any atom is 0.278 e. The van der Waals surface area contributed by atoms with Crippen LogP contribution in [-0.2, 0) is 6.42 Å². The van der Waals surface area contributed by atoms with E-state index in [1.165, 1.54) is 12.3 Å². The van der Waals surface area contributed by atoms with E-state index in [1.807, 2.05) is 6.92 Å². The second-order valence-corrected chi connectivity index (χ2v) is 4.57. The lowest BCUT2D eigenvalue weighted by Gasteiger charge is -2.11. The second kappa shape index (κ2) is 5.75. The quantitative estimate of drug-likeness (QED) is 0.662. The van der Waals surface area contributed by atoms with E-state index >= 15 is 0 Å². The molecule has 2 aromatic rings. The Balaban J connectivity index is 2.46. The molecule has 19 heavy (non-hydrogen) atoms. The number of aliphatic hydroxyl groups is 1. The van der Waals surface area contributed by atoms with Gasteiger partial charge in [0.05, 0.1) is 16.4 Å². The van der Waals surface area contributed by atoms with Gasteiger partial charge >= 0.3 is 0 Å². The smallest absolute Gasteiger partial charge is 0.278 e. The van der Waals surface area contributed by atoms with E-state index in [4.69, 9.17) is 0 Å². The van der Waals surface area contributed by atoms with Crippen LogP contribution in [0, 0.1) is 10.1 Å². The number of hydrogen-bond donors (Lipinski definition) is 1. The van der Waals surface area contributed by atoms with Gasteiger partial charge < -0.3 is 5.11 Å². The van der Waals surface area contributed by atoms with Gasteiger partial charge in [0.2, 0.25) is 0 Å². The molecule has 1 unspecified atom stereocenters. The monoisotopic (exact) mass is 260 g/mol. The van der Waals surface area contributed by atoms with Gasteiger partial charge in [-0.25, -0.2) is 0 Å². The van der Waals surface area contributed by atoms with Crippen LogP contribution in [0.5, 0.6) is 0 Å².